The van der Waals surface area contributed by atoms with Gasteiger partial charge in [0.2, 0.25) is 0 Å². The van der Waals surface area contributed by atoms with Crippen molar-refractivity contribution in [2.45, 2.75) is 25.9 Å². The molecule has 1 aromatic carbocycles. The van der Waals surface area contributed by atoms with Gasteiger partial charge in [-0.1, -0.05) is 36.8 Å². The van der Waals surface area contributed by atoms with E-state index in [0.29, 0.717) is 6.61 Å². The second kappa shape index (κ2) is 6.55. The maximum atomic E-state index is 12.0. The highest BCUT2D eigenvalue weighted by molar-refractivity contribution is 5.72. The molecular weight excluding hydrogens is 226 g/mol. The Kier molecular flexibility index (Phi) is 4.76. The molecule has 1 aliphatic heterocycles. The van der Waals surface area contributed by atoms with Crippen LogP contribution >= 0.6 is 0 Å². The SMILES string of the molecule is CN1CCCCC(C(=O)OCc2ccccc2)C1. The molecule has 1 unspecified atom stereocenters. The number of nitrogens with zero attached hydrogens (tertiary/aromatic N) is 1. The maximum Gasteiger partial charge on any atom is 0.310 e. The van der Waals surface area contributed by atoms with E-state index in [-0.39, 0.29) is 11.9 Å². The summed E-state index contributed by atoms with van der Waals surface area (Å²) in [6.07, 6.45) is 3.26. The Bertz CT molecular complexity index is 377. The fourth-order valence-corrected chi connectivity index (χ4v) is 2.37. The molecule has 0 aromatic heterocycles. The summed E-state index contributed by atoms with van der Waals surface area (Å²) < 4.78 is 5.41. The standard InChI is InChI=1S/C15H21NO2/c1-16-10-6-5-9-14(11-16)15(17)18-12-13-7-3-2-4-8-13/h2-4,7-8,14H,5-6,9-12H2,1H3. The molecular formula is C15H21NO2. The first-order chi connectivity index (χ1) is 8.75. The van der Waals surface area contributed by atoms with Crippen molar-refractivity contribution in [3.63, 3.8) is 0 Å². The van der Waals surface area contributed by atoms with Gasteiger partial charge in [-0.15, -0.1) is 0 Å². The summed E-state index contributed by atoms with van der Waals surface area (Å²) in [6.45, 7) is 2.30. The van der Waals surface area contributed by atoms with E-state index in [4.69, 9.17) is 4.74 Å². The molecule has 1 fully saturated rings. The highest BCUT2D eigenvalue weighted by Gasteiger charge is 2.23. The quantitative estimate of drug-likeness (QED) is 0.768. The Hall–Kier alpha value is -1.35. The fraction of sp³-hybridized carbons (Fsp3) is 0.533. The third-order valence-electron chi connectivity index (χ3n) is 3.43. The second-order valence-electron chi connectivity index (χ2n) is 5.05. The van der Waals surface area contributed by atoms with Crippen molar-refractivity contribution in [2.75, 3.05) is 20.1 Å². The first-order valence-corrected chi connectivity index (χ1v) is 6.65. The monoisotopic (exact) mass is 247 g/mol. The average molecular weight is 247 g/mol. The van der Waals surface area contributed by atoms with Crippen LogP contribution in [0.25, 0.3) is 0 Å². The Morgan fingerprint density at radius 2 is 2.11 bits per heavy atom. The molecule has 2 rings (SSSR count). The lowest BCUT2D eigenvalue weighted by Gasteiger charge is -2.18. The summed E-state index contributed by atoms with van der Waals surface area (Å²) in [7, 11) is 2.07. The van der Waals surface area contributed by atoms with E-state index >= 15 is 0 Å². The van der Waals surface area contributed by atoms with Crippen LogP contribution in [0.2, 0.25) is 0 Å². The minimum Gasteiger partial charge on any atom is -0.461 e. The average Bonchev–Trinajstić information content (AvgIpc) is 2.62. The summed E-state index contributed by atoms with van der Waals surface area (Å²) in [5, 5.41) is 0. The summed E-state index contributed by atoms with van der Waals surface area (Å²) in [4.78, 5) is 14.2. The minimum atomic E-state index is -0.0485. The van der Waals surface area contributed by atoms with Crippen LogP contribution in [-0.4, -0.2) is 31.0 Å². The van der Waals surface area contributed by atoms with E-state index < -0.39 is 0 Å². The van der Waals surface area contributed by atoms with Crippen LogP contribution < -0.4 is 0 Å². The van der Waals surface area contributed by atoms with Crippen molar-refractivity contribution in [3.05, 3.63) is 35.9 Å². The first-order valence-electron chi connectivity index (χ1n) is 6.65. The zero-order valence-corrected chi connectivity index (χ0v) is 11.0. The lowest BCUT2D eigenvalue weighted by molar-refractivity contribution is -0.150. The molecule has 3 heteroatoms. The van der Waals surface area contributed by atoms with Gasteiger partial charge < -0.3 is 9.64 Å². The zero-order valence-electron chi connectivity index (χ0n) is 11.0. The van der Waals surface area contributed by atoms with Gasteiger partial charge in [-0.2, -0.15) is 0 Å². The van der Waals surface area contributed by atoms with E-state index in [1.807, 2.05) is 30.3 Å². The van der Waals surface area contributed by atoms with Crippen molar-refractivity contribution in [2.24, 2.45) is 5.92 Å². The van der Waals surface area contributed by atoms with Crippen molar-refractivity contribution in [3.8, 4) is 0 Å². The topological polar surface area (TPSA) is 29.5 Å². The van der Waals surface area contributed by atoms with Crippen LogP contribution in [0.15, 0.2) is 30.3 Å². The molecule has 1 saturated heterocycles. The molecule has 1 aromatic rings. The van der Waals surface area contributed by atoms with E-state index in [9.17, 15) is 4.79 Å². The number of likely N-dealkylation sites (tertiary alicyclic amines) is 1. The normalized spacial score (nSPS) is 21.3. The van der Waals surface area contributed by atoms with Crippen LogP contribution in [0, 0.1) is 5.92 Å². The number of hydrogen-bond donors (Lipinski definition) is 0. The van der Waals surface area contributed by atoms with Gasteiger partial charge in [0, 0.05) is 6.54 Å². The molecule has 1 heterocycles. The van der Waals surface area contributed by atoms with Gasteiger partial charge in [0.1, 0.15) is 6.61 Å². The van der Waals surface area contributed by atoms with Crippen LogP contribution in [0.5, 0.6) is 0 Å². The van der Waals surface area contributed by atoms with Gasteiger partial charge in [-0.05, 0) is 32.0 Å². The van der Waals surface area contributed by atoms with Gasteiger partial charge in [-0.3, -0.25) is 4.79 Å². The lowest BCUT2D eigenvalue weighted by Crippen LogP contribution is -2.29. The van der Waals surface area contributed by atoms with Crippen molar-refractivity contribution < 1.29 is 9.53 Å². The van der Waals surface area contributed by atoms with Gasteiger partial charge in [-0.25, -0.2) is 0 Å². The summed E-state index contributed by atoms with van der Waals surface area (Å²) in [5.41, 5.74) is 1.05. The fourth-order valence-electron chi connectivity index (χ4n) is 2.37. The molecule has 3 nitrogen and oxygen atoms in total. The number of rotatable bonds is 3. The van der Waals surface area contributed by atoms with Crippen LogP contribution in [0.4, 0.5) is 0 Å². The minimum absolute atomic E-state index is 0.0428. The second-order valence-corrected chi connectivity index (χ2v) is 5.05. The number of carbonyl (C=O) groups is 1. The van der Waals surface area contributed by atoms with Crippen LogP contribution in [-0.2, 0) is 16.1 Å². The van der Waals surface area contributed by atoms with Gasteiger partial charge in [0.05, 0.1) is 5.92 Å². The van der Waals surface area contributed by atoms with Crippen molar-refractivity contribution in [1.82, 2.24) is 4.90 Å². The maximum absolute atomic E-state index is 12.0. The van der Waals surface area contributed by atoms with Crippen LogP contribution in [0.1, 0.15) is 24.8 Å². The predicted molar refractivity (Wildman–Crippen MR) is 71.1 cm³/mol. The van der Waals surface area contributed by atoms with Gasteiger partial charge >= 0.3 is 5.97 Å². The number of esters is 1. The molecule has 98 valence electrons. The Balaban J connectivity index is 1.83. The lowest BCUT2D eigenvalue weighted by atomic mass is 10.0. The molecule has 0 bridgehead atoms. The van der Waals surface area contributed by atoms with E-state index in [1.165, 1.54) is 6.42 Å². The Labute approximate surface area is 109 Å². The van der Waals surface area contributed by atoms with Gasteiger partial charge in [0.15, 0.2) is 0 Å². The summed E-state index contributed by atoms with van der Waals surface area (Å²) >= 11 is 0. The molecule has 0 saturated carbocycles. The van der Waals surface area contributed by atoms with Crippen LogP contribution in [0.3, 0.4) is 0 Å². The number of benzene rings is 1. The molecule has 0 N–H and O–H groups in total. The molecule has 1 aliphatic rings. The Morgan fingerprint density at radius 3 is 2.89 bits per heavy atom. The van der Waals surface area contributed by atoms with E-state index in [2.05, 4.69) is 11.9 Å². The Morgan fingerprint density at radius 1 is 1.33 bits per heavy atom. The molecule has 0 radical (unpaired) electrons. The smallest absolute Gasteiger partial charge is 0.310 e. The van der Waals surface area contributed by atoms with E-state index in [0.717, 1.165) is 31.5 Å². The van der Waals surface area contributed by atoms with Crippen molar-refractivity contribution in [1.29, 1.82) is 0 Å². The highest BCUT2D eigenvalue weighted by Crippen LogP contribution is 2.17. The number of carbonyl (C=O) groups excluding carboxylic acids is 1. The molecule has 0 spiro atoms. The third-order valence-corrected chi connectivity index (χ3v) is 3.43. The molecule has 0 aliphatic carbocycles. The van der Waals surface area contributed by atoms with Crippen molar-refractivity contribution >= 4 is 5.97 Å². The number of ether oxygens (including phenoxy) is 1. The molecule has 1 atom stereocenters. The number of hydrogen-bond acceptors (Lipinski definition) is 3. The third kappa shape index (κ3) is 3.84. The largest absolute Gasteiger partial charge is 0.461 e. The predicted octanol–water partition coefficient (Wildman–Crippen LogP) is 2.46. The highest BCUT2D eigenvalue weighted by atomic mass is 16.5. The van der Waals surface area contributed by atoms with Gasteiger partial charge in [0.25, 0.3) is 0 Å². The summed E-state index contributed by atoms with van der Waals surface area (Å²) in [6, 6.07) is 9.84. The van der Waals surface area contributed by atoms with E-state index in [1.54, 1.807) is 0 Å². The summed E-state index contributed by atoms with van der Waals surface area (Å²) in [5.74, 6) is -0.00573. The molecule has 18 heavy (non-hydrogen) atoms. The zero-order chi connectivity index (χ0) is 12.8. The molecule has 0 amide bonds. The first kappa shape index (κ1) is 13.1.